The molecule has 2 rings (SSSR count). The predicted molar refractivity (Wildman–Crippen MR) is 99.3 cm³/mol. The first-order chi connectivity index (χ1) is 11.2. The Balaban J connectivity index is 1.88. The first kappa shape index (κ1) is 18.0. The molecule has 1 aromatic heterocycles. The number of rotatable bonds is 5. The minimum atomic E-state index is -0.517. The number of alkyl carbamates (subject to hydrolysis) is 1. The number of amides is 1. The van der Waals surface area contributed by atoms with Crippen molar-refractivity contribution >= 4 is 22.6 Å². The number of benzene rings is 1. The van der Waals surface area contributed by atoms with E-state index in [1.54, 1.807) is 0 Å². The van der Waals surface area contributed by atoms with Gasteiger partial charge in [-0.25, -0.2) is 9.78 Å². The van der Waals surface area contributed by atoms with Gasteiger partial charge in [-0.3, -0.25) is 0 Å². The Morgan fingerprint density at radius 1 is 1.38 bits per heavy atom. The Morgan fingerprint density at radius 3 is 2.79 bits per heavy atom. The average Bonchev–Trinajstić information content (AvgIpc) is 2.92. The van der Waals surface area contributed by atoms with E-state index in [4.69, 9.17) is 4.74 Å². The summed E-state index contributed by atoms with van der Waals surface area (Å²) in [6.45, 7) is 11.7. The lowest BCUT2D eigenvalue weighted by Gasteiger charge is -2.20. The van der Waals surface area contributed by atoms with Crippen LogP contribution >= 0.6 is 11.3 Å². The van der Waals surface area contributed by atoms with Crippen LogP contribution in [0, 0.1) is 6.92 Å². The molecule has 2 aromatic rings. The molecule has 24 heavy (non-hydrogen) atoms. The van der Waals surface area contributed by atoms with Crippen LogP contribution in [0.4, 0.5) is 9.93 Å². The monoisotopic (exact) mass is 345 g/mol. The fourth-order valence-corrected chi connectivity index (χ4v) is 2.72. The molecule has 2 N–H and O–H groups in total. The molecule has 0 bridgehead atoms. The van der Waals surface area contributed by atoms with Gasteiger partial charge in [0.1, 0.15) is 5.60 Å². The quantitative estimate of drug-likeness (QED) is 0.833. The van der Waals surface area contributed by atoms with Gasteiger partial charge in [0.2, 0.25) is 0 Å². The smallest absolute Gasteiger partial charge is 0.407 e. The highest BCUT2D eigenvalue weighted by molar-refractivity contribution is 7.14. The van der Waals surface area contributed by atoms with E-state index < -0.39 is 11.7 Å². The first-order valence-corrected chi connectivity index (χ1v) is 8.55. The van der Waals surface area contributed by atoms with Crippen LogP contribution < -0.4 is 10.6 Å². The van der Waals surface area contributed by atoms with Crippen molar-refractivity contribution in [3.05, 3.63) is 47.5 Å². The number of anilines is 1. The number of nitrogens with one attached hydrogen (secondary N) is 2. The van der Waals surface area contributed by atoms with Crippen molar-refractivity contribution in [3.63, 3.8) is 0 Å². The van der Waals surface area contributed by atoms with Crippen LogP contribution in [0.2, 0.25) is 0 Å². The summed E-state index contributed by atoms with van der Waals surface area (Å²) < 4.78 is 5.18. The highest BCUT2D eigenvalue weighted by Crippen LogP contribution is 2.26. The lowest BCUT2D eigenvalue weighted by Crippen LogP contribution is -2.34. The van der Waals surface area contributed by atoms with Crippen LogP contribution in [-0.4, -0.2) is 23.2 Å². The van der Waals surface area contributed by atoms with Crippen molar-refractivity contribution in [3.8, 4) is 11.3 Å². The van der Waals surface area contributed by atoms with Crippen molar-refractivity contribution in [1.82, 2.24) is 10.3 Å². The molecule has 128 valence electrons. The van der Waals surface area contributed by atoms with Crippen molar-refractivity contribution in [2.45, 2.75) is 33.3 Å². The summed E-state index contributed by atoms with van der Waals surface area (Å²) in [5.74, 6) is 0. The number of hydrogen-bond donors (Lipinski definition) is 2. The van der Waals surface area contributed by atoms with Gasteiger partial charge in [0.05, 0.1) is 12.2 Å². The third-order valence-corrected chi connectivity index (χ3v) is 3.70. The van der Waals surface area contributed by atoms with Gasteiger partial charge >= 0.3 is 6.09 Å². The third kappa shape index (κ3) is 5.70. The Kier molecular flexibility index (Phi) is 5.62. The predicted octanol–water partition coefficient (Wildman–Crippen LogP) is 4.57. The third-order valence-electron chi connectivity index (χ3n) is 2.95. The van der Waals surface area contributed by atoms with Gasteiger partial charge in [0.25, 0.3) is 0 Å². The fraction of sp³-hybridized carbons (Fsp3) is 0.333. The number of ether oxygens (including phenoxy) is 1. The second kappa shape index (κ2) is 7.49. The number of hydrogen-bond acceptors (Lipinski definition) is 5. The van der Waals surface area contributed by atoms with Gasteiger partial charge in [0.15, 0.2) is 5.13 Å². The summed E-state index contributed by atoms with van der Waals surface area (Å²) >= 11 is 1.50. The maximum atomic E-state index is 11.6. The normalized spacial score (nSPS) is 11.0. The van der Waals surface area contributed by atoms with Crippen LogP contribution in [0.1, 0.15) is 26.3 Å². The number of nitrogens with zero attached hydrogens (tertiary/aromatic N) is 1. The van der Waals surface area contributed by atoms with Gasteiger partial charge < -0.3 is 15.4 Å². The van der Waals surface area contributed by atoms with Crippen molar-refractivity contribution in [2.24, 2.45) is 0 Å². The number of aryl methyl sites for hydroxylation is 1. The molecule has 0 atom stereocenters. The summed E-state index contributed by atoms with van der Waals surface area (Å²) in [5.41, 5.74) is 3.32. The molecular formula is C18H23N3O2S. The van der Waals surface area contributed by atoms with Crippen molar-refractivity contribution in [2.75, 3.05) is 11.9 Å². The molecule has 0 saturated heterocycles. The summed E-state index contributed by atoms with van der Waals surface area (Å²) in [6.07, 6.45) is -0.468. The van der Waals surface area contributed by atoms with E-state index in [0.29, 0.717) is 5.70 Å². The number of thiazole rings is 1. The van der Waals surface area contributed by atoms with E-state index in [1.165, 1.54) is 16.9 Å². The van der Waals surface area contributed by atoms with E-state index in [1.807, 2.05) is 38.3 Å². The summed E-state index contributed by atoms with van der Waals surface area (Å²) in [6, 6.07) is 8.20. The number of carbonyl (C=O) groups is 1. The highest BCUT2D eigenvalue weighted by Gasteiger charge is 2.16. The summed E-state index contributed by atoms with van der Waals surface area (Å²) in [7, 11) is 0. The Bertz CT molecular complexity index is 732. The lowest BCUT2D eigenvalue weighted by molar-refractivity contribution is 0.0533. The van der Waals surface area contributed by atoms with E-state index in [2.05, 4.69) is 41.3 Å². The Labute approximate surface area is 146 Å². The van der Waals surface area contributed by atoms with Crippen LogP contribution in [0.15, 0.2) is 41.9 Å². The largest absolute Gasteiger partial charge is 0.444 e. The molecular weight excluding hydrogens is 322 g/mol. The van der Waals surface area contributed by atoms with E-state index in [-0.39, 0.29) is 6.54 Å². The van der Waals surface area contributed by atoms with Crippen LogP contribution in [0.5, 0.6) is 0 Å². The SMILES string of the molecule is C=C(CNC(=O)OC(C)(C)C)Nc1nc(-c2cccc(C)c2)cs1. The fourth-order valence-electron chi connectivity index (χ4n) is 1.96. The van der Waals surface area contributed by atoms with Gasteiger partial charge in [-0.15, -0.1) is 11.3 Å². The topological polar surface area (TPSA) is 63.2 Å². The summed E-state index contributed by atoms with van der Waals surface area (Å²) in [5, 5.41) is 8.50. The molecule has 0 fully saturated rings. The summed E-state index contributed by atoms with van der Waals surface area (Å²) in [4.78, 5) is 16.2. The Hall–Kier alpha value is -2.34. The van der Waals surface area contributed by atoms with Crippen molar-refractivity contribution in [1.29, 1.82) is 0 Å². The van der Waals surface area contributed by atoms with Crippen LogP contribution in [0.25, 0.3) is 11.3 Å². The molecule has 0 unspecified atom stereocenters. The molecule has 1 aromatic carbocycles. The standard InChI is InChI=1S/C18H23N3O2S/c1-12-7-6-8-14(9-12)15-11-24-16(21-15)20-13(2)10-19-17(22)23-18(3,4)5/h6-9,11H,2,10H2,1,3-5H3,(H,19,22)(H,20,21). The second-order valence-corrected chi connectivity index (χ2v) is 7.35. The van der Waals surface area contributed by atoms with Gasteiger partial charge in [-0.1, -0.05) is 30.3 Å². The molecule has 1 amide bonds. The van der Waals surface area contributed by atoms with E-state index in [9.17, 15) is 4.79 Å². The molecule has 0 aliphatic rings. The van der Waals surface area contributed by atoms with Crippen LogP contribution in [-0.2, 0) is 4.74 Å². The Morgan fingerprint density at radius 2 is 2.12 bits per heavy atom. The molecule has 1 heterocycles. The lowest BCUT2D eigenvalue weighted by atomic mass is 10.1. The molecule has 0 aliphatic carbocycles. The van der Waals surface area contributed by atoms with Crippen LogP contribution in [0.3, 0.4) is 0 Å². The van der Waals surface area contributed by atoms with Crippen molar-refractivity contribution < 1.29 is 9.53 Å². The highest BCUT2D eigenvalue weighted by atomic mass is 32.1. The van der Waals surface area contributed by atoms with Gasteiger partial charge in [0, 0.05) is 16.6 Å². The van der Waals surface area contributed by atoms with E-state index >= 15 is 0 Å². The molecule has 0 saturated carbocycles. The van der Waals surface area contributed by atoms with Gasteiger partial charge in [-0.05, 0) is 33.8 Å². The zero-order chi connectivity index (χ0) is 17.7. The molecule has 0 radical (unpaired) electrons. The maximum Gasteiger partial charge on any atom is 0.407 e. The molecule has 0 spiro atoms. The maximum absolute atomic E-state index is 11.6. The van der Waals surface area contributed by atoms with E-state index in [0.717, 1.165) is 16.4 Å². The van der Waals surface area contributed by atoms with Gasteiger partial charge in [-0.2, -0.15) is 0 Å². The average molecular weight is 345 g/mol. The minimum Gasteiger partial charge on any atom is -0.444 e. The number of carbonyl (C=O) groups excluding carboxylic acids is 1. The molecule has 0 aliphatic heterocycles. The minimum absolute atomic E-state index is 0.272. The zero-order valence-electron chi connectivity index (χ0n) is 14.5. The second-order valence-electron chi connectivity index (χ2n) is 6.49. The molecule has 6 heteroatoms. The number of aromatic nitrogens is 1. The molecule has 5 nitrogen and oxygen atoms in total. The first-order valence-electron chi connectivity index (χ1n) is 7.67. The zero-order valence-corrected chi connectivity index (χ0v) is 15.3.